The van der Waals surface area contributed by atoms with Gasteiger partial charge in [-0.3, -0.25) is 4.79 Å². The molecule has 1 aromatic rings. The van der Waals surface area contributed by atoms with Gasteiger partial charge in [0.1, 0.15) is 5.75 Å². The number of benzene rings is 1. The topological polar surface area (TPSA) is 74.8 Å². The summed E-state index contributed by atoms with van der Waals surface area (Å²) in [6.45, 7) is 6.83. The number of alkyl halides is 3. The maximum Gasteiger partial charge on any atom is 0.422 e. The predicted molar refractivity (Wildman–Crippen MR) is 98.7 cm³/mol. The molecule has 0 aliphatic rings. The Bertz CT molecular complexity index is 640. The summed E-state index contributed by atoms with van der Waals surface area (Å²) in [6.07, 6.45) is -4.41. The Balaban J connectivity index is 2.73. The molecule has 0 atom stereocenters. The van der Waals surface area contributed by atoms with Crippen LogP contribution in [-0.4, -0.2) is 43.3 Å². The van der Waals surface area contributed by atoms with Crippen LogP contribution in [0.25, 0.3) is 0 Å². The standard InChI is InChI=1S/C18H27F3N4O2/c1-5-22-16(24-11-15(26)25-17(2,3)4)23-10-13-8-6-7-9-14(13)27-12-18(19,20)21/h6-9H,5,10-12H2,1-4H3,(H,25,26)(H2,22,23,24). The average Bonchev–Trinajstić information content (AvgIpc) is 2.54. The highest BCUT2D eigenvalue weighted by atomic mass is 19.4. The van der Waals surface area contributed by atoms with Gasteiger partial charge in [0.2, 0.25) is 5.91 Å². The van der Waals surface area contributed by atoms with Crippen molar-refractivity contribution in [3.05, 3.63) is 29.8 Å². The Kier molecular flexibility index (Phi) is 8.39. The minimum atomic E-state index is -4.41. The lowest BCUT2D eigenvalue weighted by Crippen LogP contribution is -2.48. The molecule has 1 aromatic carbocycles. The number of carbonyl (C=O) groups is 1. The van der Waals surface area contributed by atoms with Gasteiger partial charge in [0.25, 0.3) is 0 Å². The summed E-state index contributed by atoms with van der Waals surface area (Å²) >= 11 is 0. The first-order chi connectivity index (χ1) is 12.5. The normalized spacial score (nSPS) is 12.5. The minimum absolute atomic E-state index is 0.0231. The number of halogens is 3. The van der Waals surface area contributed by atoms with Gasteiger partial charge in [-0.05, 0) is 33.8 Å². The molecule has 0 bridgehead atoms. The Morgan fingerprint density at radius 3 is 2.41 bits per heavy atom. The number of carbonyl (C=O) groups excluding carboxylic acids is 1. The van der Waals surface area contributed by atoms with Crippen molar-refractivity contribution in [1.29, 1.82) is 0 Å². The fraction of sp³-hybridized carbons (Fsp3) is 0.556. The second-order valence-corrected chi connectivity index (χ2v) is 6.86. The molecular weight excluding hydrogens is 361 g/mol. The number of amides is 1. The number of guanidine groups is 1. The van der Waals surface area contributed by atoms with Crippen LogP contribution in [0.4, 0.5) is 13.2 Å². The maximum atomic E-state index is 12.4. The van der Waals surface area contributed by atoms with Crippen molar-refractivity contribution in [2.24, 2.45) is 4.99 Å². The summed E-state index contributed by atoms with van der Waals surface area (Å²) < 4.78 is 42.0. The van der Waals surface area contributed by atoms with Crippen LogP contribution in [0.5, 0.6) is 5.75 Å². The van der Waals surface area contributed by atoms with Crippen LogP contribution in [0.3, 0.4) is 0 Å². The van der Waals surface area contributed by atoms with Crippen LogP contribution in [0.1, 0.15) is 33.3 Å². The summed E-state index contributed by atoms with van der Waals surface area (Å²) in [4.78, 5) is 16.2. The molecule has 152 valence electrons. The zero-order valence-corrected chi connectivity index (χ0v) is 16.0. The summed E-state index contributed by atoms with van der Waals surface area (Å²) in [5.41, 5.74) is 0.168. The molecule has 6 nitrogen and oxygen atoms in total. The highest BCUT2D eigenvalue weighted by Gasteiger charge is 2.28. The quantitative estimate of drug-likeness (QED) is 0.496. The van der Waals surface area contributed by atoms with E-state index < -0.39 is 12.8 Å². The van der Waals surface area contributed by atoms with E-state index in [0.29, 0.717) is 18.1 Å². The smallest absolute Gasteiger partial charge is 0.422 e. The van der Waals surface area contributed by atoms with Gasteiger partial charge in [-0.15, -0.1) is 0 Å². The highest BCUT2D eigenvalue weighted by Crippen LogP contribution is 2.22. The van der Waals surface area contributed by atoms with Crippen molar-refractivity contribution < 1.29 is 22.7 Å². The number of ether oxygens (including phenoxy) is 1. The zero-order chi connectivity index (χ0) is 20.5. The summed E-state index contributed by atoms with van der Waals surface area (Å²) in [5.74, 6) is 0.314. The van der Waals surface area contributed by atoms with Gasteiger partial charge in [-0.2, -0.15) is 13.2 Å². The van der Waals surface area contributed by atoms with Gasteiger partial charge >= 0.3 is 6.18 Å². The molecule has 9 heteroatoms. The third-order valence-corrected chi connectivity index (χ3v) is 3.05. The summed E-state index contributed by atoms with van der Waals surface area (Å²) in [5, 5.41) is 8.70. The van der Waals surface area contributed by atoms with E-state index in [9.17, 15) is 18.0 Å². The first-order valence-corrected chi connectivity index (χ1v) is 8.61. The monoisotopic (exact) mass is 388 g/mol. The molecular formula is C18H27F3N4O2. The van der Waals surface area contributed by atoms with Gasteiger partial charge < -0.3 is 20.7 Å². The SMILES string of the molecule is CCNC(=NCc1ccccc1OCC(F)(F)F)NCC(=O)NC(C)(C)C. The van der Waals surface area contributed by atoms with Crippen molar-refractivity contribution in [3.63, 3.8) is 0 Å². The Morgan fingerprint density at radius 2 is 1.81 bits per heavy atom. The highest BCUT2D eigenvalue weighted by molar-refractivity contribution is 5.86. The lowest BCUT2D eigenvalue weighted by atomic mass is 10.1. The Labute approximate surface area is 157 Å². The molecule has 1 amide bonds. The fourth-order valence-corrected chi connectivity index (χ4v) is 2.07. The molecule has 0 unspecified atom stereocenters. The van der Waals surface area contributed by atoms with Crippen molar-refractivity contribution in [3.8, 4) is 5.75 Å². The van der Waals surface area contributed by atoms with Crippen molar-refractivity contribution in [1.82, 2.24) is 16.0 Å². The van der Waals surface area contributed by atoms with Gasteiger partial charge in [0, 0.05) is 17.6 Å². The second kappa shape index (κ2) is 10.0. The summed E-state index contributed by atoms with van der Waals surface area (Å²) in [7, 11) is 0. The van der Waals surface area contributed by atoms with Crippen LogP contribution in [0, 0.1) is 0 Å². The summed E-state index contributed by atoms with van der Waals surface area (Å²) in [6, 6.07) is 6.40. The number of aliphatic imine (C=N–C) groups is 1. The van der Waals surface area contributed by atoms with E-state index >= 15 is 0 Å². The molecule has 0 spiro atoms. The lowest BCUT2D eigenvalue weighted by molar-refractivity contribution is -0.153. The van der Waals surface area contributed by atoms with E-state index in [-0.39, 0.29) is 30.3 Å². The van der Waals surface area contributed by atoms with E-state index in [1.807, 2.05) is 27.7 Å². The molecule has 1 rings (SSSR count). The van der Waals surface area contributed by atoms with Crippen LogP contribution in [0.2, 0.25) is 0 Å². The fourth-order valence-electron chi connectivity index (χ4n) is 2.07. The van der Waals surface area contributed by atoms with Gasteiger partial charge in [-0.1, -0.05) is 18.2 Å². The van der Waals surface area contributed by atoms with Crippen LogP contribution >= 0.6 is 0 Å². The first-order valence-electron chi connectivity index (χ1n) is 8.61. The lowest BCUT2D eigenvalue weighted by Gasteiger charge is -2.21. The van der Waals surface area contributed by atoms with E-state index in [0.717, 1.165) is 0 Å². The van der Waals surface area contributed by atoms with Crippen molar-refractivity contribution in [2.45, 2.75) is 46.0 Å². The third kappa shape index (κ3) is 10.3. The first kappa shape index (κ1) is 22.6. The van der Waals surface area contributed by atoms with Crippen LogP contribution in [-0.2, 0) is 11.3 Å². The molecule has 0 saturated carbocycles. The molecule has 27 heavy (non-hydrogen) atoms. The number of nitrogens with one attached hydrogen (secondary N) is 3. The number of hydrogen-bond donors (Lipinski definition) is 3. The van der Waals surface area contributed by atoms with Crippen molar-refractivity contribution >= 4 is 11.9 Å². The van der Waals surface area contributed by atoms with Crippen molar-refractivity contribution in [2.75, 3.05) is 19.7 Å². The minimum Gasteiger partial charge on any atom is -0.484 e. The molecule has 0 radical (unpaired) electrons. The van der Waals surface area contributed by atoms with Gasteiger partial charge in [-0.25, -0.2) is 4.99 Å². The molecule has 0 aliphatic heterocycles. The number of nitrogens with zero attached hydrogens (tertiary/aromatic N) is 1. The number of rotatable bonds is 7. The van der Waals surface area contributed by atoms with E-state index in [4.69, 9.17) is 4.74 Å². The average molecular weight is 388 g/mol. The van der Waals surface area contributed by atoms with Gasteiger partial charge in [0.15, 0.2) is 12.6 Å². The Hall–Kier alpha value is -2.45. The molecule has 0 aliphatic carbocycles. The zero-order valence-electron chi connectivity index (χ0n) is 16.0. The number of hydrogen-bond acceptors (Lipinski definition) is 3. The van der Waals surface area contributed by atoms with E-state index in [2.05, 4.69) is 20.9 Å². The van der Waals surface area contributed by atoms with Gasteiger partial charge in [0.05, 0.1) is 13.1 Å². The van der Waals surface area contributed by atoms with E-state index in [1.54, 1.807) is 18.2 Å². The van der Waals surface area contributed by atoms with E-state index in [1.165, 1.54) is 6.07 Å². The molecule has 0 aromatic heterocycles. The largest absolute Gasteiger partial charge is 0.484 e. The van der Waals surface area contributed by atoms with Crippen LogP contribution in [0.15, 0.2) is 29.3 Å². The molecule has 0 saturated heterocycles. The Morgan fingerprint density at radius 1 is 1.15 bits per heavy atom. The molecule has 0 heterocycles. The second-order valence-electron chi connectivity index (χ2n) is 6.86. The van der Waals surface area contributed by atoms with Crippen LogP contribution < -0.4 is 20.7 Å². The third-order valence-electron chi connectivity index (χ3n) is 3.05. The predicted octanol–water partition coefficient (Wildman–Crippen LogP) is 2.60. The molecule has 3 N–H and O–H groups in total. The maximum absolute atomic E-state index is 12.4. The number of para-hydroxylation sites is 1. The molecule has 0 fully saturated rings.